The van der Waals surface area contributed by atoms with E-state index < -0.39 is 9.84 Å². The average molecular weight is 295 g/mol. The Bertz CT molecular complexity index is 551. The van der Waals surface area contributed by atoms with Crippen LogP contribution in [0.1, 0.15) is 44.4 Å². The number of hydrogen-bond acceptors (Lipinski definition) is 3. The second-order valence-electron chi connectivity index (χ2n) is 6.03. The normalized spacial score (nSPS) is 22.8. The van der Waals surface area contributed by atoms with Crippen molar-refractivity contribution in [3.05, 3.63) is 35.4 Å². The van der Waals surface area contributed by atoms with Gasteiger partial charge in [-0.25, -0.2) is 8.42 Å². The van der Waals surface area contributed by atoms with Gasteiger partial charge in [-0.05, 0) is 36.4 Å². The number of aryl methyl sites for hydroxylation is 1. The van der Waals surface area contributed by atoms with Gasteiger partial charge in [0, 0.05) is 6.04 Å². The van der Waals surface area contributed by atoms with E-state index >= 15 is 0 Å². The molecule has 4 heteroatoms. The molecule has 0 amide bonds. The molecule has 0 saturated heterocycles. The van der Waals surface area contributed by atoms with Crippen LogP contribution >= 0.6 is 0 Å². The summed E-state index contributed by atoms with van der Waals surface area (Å²) in [4.78, 5) is 0. The standard InChI is InChI=1S/C16H25NO2S/c1-4-17-16-14-8-6-5-7-13(14)9-10-15(16)20(18,19)11-12(2)3/h5-8,12,15-17H,4,9-11H2,1-3H3. The molecule has 0 heterocycles. The van der Waals surface area contributed by atoms with Crippen molar-refractivity contribution in [2.24, 2.45) is 5.92 Å². The summed E-state index contributed by atoms with van der Waals surface area (Å²) in [5.74, 6) is 0.460. The van der Waals surface area contributed by atoms with Crippen LogP contribution in [-0.2, 0) is 16.3 Å². The van der Waals surface area contributed by atoms with Gasteiger partial charge < -0.3 is 5.32 Å². The van der Waals surface area contributed by atoms with E-state index in [2.05, 4.69) is 17.4 Å². The van der Waals surface area contributed by atoms with Gasteiger partial charge in [-0.15, -0.1) is 0 Å². The number of hydrogen-bond donors (Lipinski definition) is 1. The van der Waals surface area contributed by atoms with E-state index in [1.165, 1.54) is 5.56 Å². The summed E-state index contributed by atoms with van der Waals surface area (Å²) < 4.78 is 25.3. The van der Waals surface area contributed by atoms with Crippen LogP contribution in [0.3, 0.4) is 0 Å². The molecule has 2 unspecified atom stereocenters. The first kappa shape index (κ1) is 15.5. The van der Waals surface area contributed by atoms with Crippen molar-refractivity contribution >= 4 is 9.84 Å². The highest BCUT2D eigenvalue weighted by Gasteiger charge is 2.37. The molecule has 0 aliphatic heterocycles. The van der Waals surface area contributed by atoms with E-state index in [0.717, 1.165) is 24.9 Å². The zero-order valence-electron chi connectivity index (χ0n) is 12.6. The summed E-state index contributed by atoms with van der Waals surface area (Å²) in [6, 6.07) is 8.16. The monoisotopic (exact) mass is 295 g/mol. The molecule has 112 valence electrons. The molecular formula is C16H25NO2S. The Kier molecular flexibility index (Phi) is 4.86. The van der Waals surface area contributed by atoms with E-state index in [1.54, 1.807) is 0 Å². The molecule has 1 aliphatic carbocycles. The molecule has 2 rings (SSSR count). The van der Waals surface area contributed by atoms with E-state index in [1.807, 2.05) is 32.9 Å². The first-order valence-corrected chi connectivity index (χ1v) is 9.20. The predicted molar refractivity (Wildman–Crippen MR) is 83.6 cm³/mol. The fourth-order valence-electron chi connectivity index (χ4n) is 3.17. The van der Waals surface area contributed by atoms with Crippen LogP contribution in [0.5, 0.6) is 0 Å². The van der Waals surface area contributed by atoms with Crippen LogP contribution in [0, 0.1) is 5.92 Å². The van der Waals surface area contributed by atoms with Crippen LogP contribution in [0.25, 0.3) is 0 Å². The number of fused-ring (bicyclic) bond motifs is 1. The molecule has 0 fully saturated rings. The van der Waals surface area contributed by atoms with Crippen molar-refractivity contribution in [1.82, 2.24) is 5.32 Å². The maximum Gasteiger partial charge on any atom is 0.155 e. The molecule has 0 bridgehead atoms. The Morgan fingerprint density at radius 3 is 2.65 bits per heavy atom. The zero-order chi connectivity index (χ0) is 14.8. The third-order valence-corrected chi connectivity index (χ3v) is 6.47. The minimum Gasteiger partial charge on any atom is -0.309 e. The maximum atomic E-state index is 12.7. The van der Waals surface area contributed by atoms with E-state index in [9.17, 15) is 8.42 Å². The van der Waals surface area contributed by atoms with Crippen molar-refractivity contribution in [3.8, 4) is 0 Å². The zero-order valence-corrected chi connectivity index (χ0v) is 13.4. The van der Waals surface area contributed by atoms with Crippen molar-refractivity contribution < 1.29 is 8.42 Å². The van der Waals surface area contributed by atoms with Gasteiger partial charge in [-0.1, -0.05) is 45.0 Å². The van der Waals surface area contributed by atoms with Gasteiger partial charge in [0.25, 0.3) is 0 Å². The lowest BCUT2D eigenvalue weighted by Gasteiger charge is -2.34. The first-order chi connectivity index (χ1) is 9.45. The summed E-state index contributed by atoms with van der Waals surface area (Å²) >= 11 is 0. The van der Waals surface area contributed by atoms with Crippen molar-refractivity contribution in [3.63, 3.8) is 0 Å². The highest BCUT2D eigenvalue weighted by molar-refractivity contribution is 7.92. The second-order valence-corrected chi connectivity index (χ2v) is 8.30. The molecule has 0 saturated carbocycles. The van der Waals surface area contributed by atoms with Gasteiger partial charge in [0.1, 0.15) is 0 Å². The molecule has 1 aliphatic rings. The second kappa shape index (κ2) is 6.27. The molecule has 20 heavy (non-hydrogen) atoms. The van der Waals surface area contributed by atoms with Gasteiger partial charge in [0.05, 0.1) is 11.0 Å². The van der Waals surface area contributed by atoms with Crippen LogP contribution in [-0.4, -0.2) is 26.0 Å². The Morgan fingerprint density at radius 1 is 1.30 bits per heavy atom. The summed E-state index contributed by atoms with van der Waals surface area (Å²) in [6.45, 7) is 6.75. The third-order valence-electron chi connectivity index (χ3n) is 3.91. The minimum atomic E-state index is -3.06. The Morgan fingerprint density at radius 2 is 2.00 bits per heavy atom. The summed E-state index contributed by atoms with van der Waals surface area (Å²) in [6.07, 6.45) is 1.59. The summed E-state index contributed by atoms with van der Waals surface area (Å²) in [5, 5.41) is 3.10. The third kappa shape index (κ3) is 3.23. The quantitative estimate of drug-likeness (QED) is 0.908. The van der Waals surface area contributed by atoms with Crippen LogP contribution in [0.4, 0.5) is 0 Å². The molecule has 3 nitrogen and oxygen atoms in total. The number of nitrogens with one attached hydrogen (secondary N) is 1. The van der Waals surface area contributed by atoms with Crippen molar-refractivity contribution in [2.45, 2.75) is 44.9 Å². The van der Waals surface area contributed by atoms with Gasteiger partial charge >= 0.3 is 0 Å². The lowest BCUT2D eigenvalue weighted by molar-refractivity contribution is 0.454. The maximum absolute atomic E-state index is 12.7. The number of benzene rings is 1. The predicted octanol–water partition coefficient (Wildman–Crippen LogP) is 2.72. The van der Waals surface area contributed by atoms with Crippen molar-refractivity contribution in [1.29, 1.82) is 0 Å². The molecule has 1 N–H and O–H groups in total. The molecule has 0 radical (unpaired) electrons. The highest BCUT2D eigenvalue weighted by Crippen LogP contribution is 2.34. The van der Waals surface area contributed by atoms with Gasteiger partial charge in [0.15, 0.2) is 9.84 Å². The van der Waals surface area contributed by atoms with Gasteiger partial charge in [-0.3, -0.25) is 0 Å². The number of rotatable bonds is 5. The molecule has 1 aromatic carbocycles. The fourth-order valence-corrected chi connectivity index (χ4v) is 5.48. The lowest BCUT2D eigenvalue weighted by Crippen LogP contribution is -2.42. The van der Waals surface area contributed by atoms with Crippen LogP contribution in [0.2, 0.25) is 0 Å². The molecule has 2 atom stereocenters. The van der Waals surface area contributed by atoms with Crippen LogP contribution < -0.4 is 5.32 Å². The van der Waals surface area contributed by atoms with E-state index in [4.69, 9.17) is 0 Å². The largest absolute Gasteiger partial charge is 0.309 e. The Labute approximate surface area is 122 Å². The topological polar surface area (TPSA) is 46.2 Å². The first-order valence-electron chi connectivity index (χ1n) is 7.48. The van der Waals surface area contributed by atoms with E-state index in [-0.39, 0.29) is 23.0 Å². The van der Waals surface area contributed by atoms with Crippen LogP contribution in [0.15, 0.2) is 24.3 Å². The highest BCUT2D eigenvalue weighted by atomic mass is 32.2. The molecule has 0 spiro atoms. The van der Waals surface area contributed by atoms with Gasteiger partial charge in [-0.2, -0.15) is 0 Å². The molecular weight excluding hydrogens is 270 g/mol. The summed E-state index contributed by atoms with van der Waals surface area (Å²) in [5.41, 5.74) is 2.45. The number of sulfone groups is 1. The van der Waals surface area contributed by atoms with E-state index in [0.29, 0.717) is 0 Å². The minimum absolute atomic E-state index is 0.0614. The van der Waals surface area contributed by atoms with Gasteiger partial charge in [0.2, 0.25) is 0 Å². The lowest BCUT2D eigenvalue weighted by atomic mass is 9.87. The average Bonchev–Trinajstić information content (AvgIpc) is 2.37. The Balaban J connectivity index is 2.35. The van der Waals surface area contributed by atoms with Crippen molar-refractivity contribution in [2.75, 3.05) is 12.3 Å². The smallest absolute Gasteiger partial charge is 0.155 e. The summed E-state index contributed by atoms with van der Waals surface area (Å²) in [7, 11) is -3.06. The SMILES string of the molecule is CCNC1c2ccccc2CCC1S(=O)(=O)CC(C)C. The fraction of sp³-hybridized carbons (Fsp3) is 0.625. The molecule has 0 aromatic heterocycles. The Hall–Kier alpha value is -0.870. The molecule has 1 aromatic rings.